The normalized spacial score (nSPS) is 12.2. The van der Waals surface area contributed by atoms with Crippen molar-refractivity contribution in [3.05, 3.63) is 28.2 Å². The minimum atomic E-state index is -0.959. The maximum absolute atomic E-state index is 11.5. The maximum Gasteiger partial charge on any atom is 0.338 e. The summed E-state index contributed by atoms with van der Waals surface area (Å²) >= 11 is 3.30. The molecule has 0 saturated carbocycles. The van der Waals surface area contributed by atoms with E-state index in [1.54, 1.807) is 26.4 Å². The lowest BCUT2D eigenvalue weighted by atomic mass is 10.1. The number of carboxylic acid groups (broad SMARTS) is 1. The van der Waals surface area contributed by atoms with E-state index in [9.17, 15) is 9.90 Å². The molecule has 0 bridgehead atoms. The van der Waals surface area contributed by atoms with Crippen molar-refractivity contribution in [2.75, 3.05) is 38.9 Å². The third kappa shape index (κ3) is 4.19. The number of benzene rings is 1. The van der Waals surface area contributed by atoms with Crippen LogP contribution in [0.25, 0.3) is 0 Å². The molecule has 6 heteroatoms. The lowest BCUT2D eigenvalue weighted by Crippen LogP contribution is -2.39. The van der Waals surface area contributed by atoms with Gasteiger partial charge in [0.1, 0.15) is 0 Å². The fourth-order valence-corrected chi connectivity index (χ4v) is 2.59. The molecule has 0 aliphatic carbocycles. The zero-order chi connectivity index (χ0) is 15.1. The molecule has 1 N–H and O–H groups in total. The molecule has 0 fully saturated rings. The number of ether oxygens (including phenoxy) is 2. The van der Waals surface area contributed by atoms with Crippen LogP contribution in [0.5, 0.6) is 0 Å². The van der Waals surface area contributed by atoms with Gasteiger partial charge in [0, 0.05) is 31.3 Å². The summed E-state index contributed by atoms with van der Waals surface area (Å²) in [6.07, 6.45) is 0. The van der Waals surface area contributed by atoms with Gasteiger partial charge in [0.2, 0.25) is 0 Å². The molecule has 0 saturated heterocycles. The number of methoxy groups -OCH3 is 2. The first-order chi connectivity index (χ1) is 9.52. The van der Waals surface area contributed by atoms with Crippen molar-refractivity contribution >= 4 is 27.6 Å². The van der Waals surface area contributed by atoms with Crippen LogP contribution in [-0.4, -0.2) is 51.1 Å². The van der Waals surface area contributed by atoms with Gasteiger partial charge in [-0.3, -0.25) is 0 Å². The van der Waals surface area contributed by atoms with Gasteiger partial charge in [-0.05, 0) is 35.0 Å². The second kappa shape index (κ2) is 8.24. The Morgan fingerprint density at radius 2 is 2.10 bits per heavy atom. The highest BCUT2D eigenvalue weighted by molar-refractivity contribution is 9.10. The monoisotopic (exact) mass is 345 g/mol. The molecule has 20 heavy (non-hydrogen) atoms. The lowest BCUT2D eigenvalue weighted by Gasteiger charge is -2.32. The summed E-state index contributed by atoms with van der Waals surface area (Å²) in [5.41, 5.74) is 0.917. The minimum Gasteiger partial charge on any atom is -0.478 e. The molecule has 1 aromatic carbocycles. The molecule has 1 unspecified atom stereocenters. The zero-order valence-corrected chi connectivity index (χ0v) is 13.5. The first-order valence-corrected chi connectivity index (χ1v) is 7.08. The smallest absolute Gasteiger partial charge is 0.338 e. The van der Waals surface area contributed by atoms with Crippen molar-refractivity contribution in [2.45, 2.75) is 13.0 Å². The molecule has 1 rings (SSSR count). The Morgan fingerprint density at radius 1 is 1.40 bits per heavy atom. The molecule has 0 aromatic heterocycles. The van der Waals surface area contributed by atoms with Crippen molar-refractivity contribution < 1.29 is 19.4 Å². The summed E-state index contributed by atoms with van der Waals surface area (Å²) in [7, 11) is 3.25. The number of aromatic carboxylic acids is 1. The van der Waals surface area contributed by atoms with Gasteiger partial charge in [0.25, 0.3) is 0 Å². The highest BCUT2D eigenvalue weighted by Crippen LogP contribution is 2.29. The van der Waals surface area contributed by atoms with Crippen molar-refractivity contribution in [2.24, 2.45) is 0 Å². The van der Waals surface area contributed by atoms with Gasteiger partial charge < -0.3 is 19.5 Å². The molecule has 1 aromatic rings. The average molecular weight is 346 g/mol. The Bertz CT molecular complexity index is 453. The molecular formula is C14H20BrNO4. The number of rotatable bonds is 8. The third-order valence-corrected chi connectivity index (χ3v) is 3.65. The second-order valence-corrected chi connectivity index (χ2v) is 5.28. The molecule has 0 aliphatic heterocycles. The summed E-state index contributed by atoms with van der Waals surface area (Å²) in [5.74, 6) is -0.959. The van der Waals surface area contributed by atoms with Gasteiger partial charge in [0.05, 0.1) is 24.5 Å². The van der Waals surface area contributed by atoms with Crippen LogP contribution < -0.4 is 4.90 Å². The predicted molar refractivity (Wildman–Crippen MR) is 81.7 cm³/mol. The number of anilines is 1. The fraction of sp³-hybridized carbons (Fsp3) is 0.500. The van der Waals surface area contributed by atoms with Crippen LogP contribution in [-0.2, 0) is 9.47 Å². The van der Waals surface area contributed by atoms with Crippen LogP contribution in [0.2, 0.25) is 0 Å². The van der Waals surface area contributed by atoms with Crippen LogP contribution in [0.3, 0.4) is 0 Å². The van der Waals surface area contributed by atoms with Crippen molar-refractivity contribution in [1.82, 2.24) is 0 Å². The highest BCUT2D eigenvalue weighted by Gasteiger charge is 2.22. The van der Waals surface area contributed by atoms with E-state index >= 15 is 0 Å². The Hall–Kier alpha value is -1.11. The number of carboxylic acids is 1. The number of nitrogens with zero attached hydrogens (tertiary/aromatic N) is 1. The highest BCUT2D eigenvalue weighted by atomic mass is 79.9. The van der Waals surface area contributed by atoms with Crippen molar-refractivity contribution in [3.63, 3.8) is 0 Å². The molecule has 0 aliphatic rings. The first-order valence-electron chi connectivity index (χ1n) is 6.29. The maximum atomic E-state index is 11.5. The van der Waals surface area contributed by atoms with E-state index in [4.69, 9.17) is 9.47 Å². The molecule has 112 valence electrons. The van der Waals surface area contributed by atoms with Crippen LogP contribution in [0.15, 0.2) is 22.7 Å². The van der Waals surface area contributed by atoms with Gasteiger partial charge in [-0.25, -0.2) is 4.79 Å². The quantitative estimate of drug-likeness (QED) is 0.784. The van der Waals surface area contributed by atoms with Crippen molar-refractivity contribution in [3.8, 4) is 0 Å². The molecule has 0 amide bonds. The second-order valence-electron chi connectivity index (χ2n) is 4.43. The zero-order valence-electron chi connectivity index (χ0n) is 11.9. The molecule has 0 radical (unpaired) electrons. The van der Waals surface area contributed by atoms with E-state index in [1.165, 1.54) is 0 Å². The standard InChI is InChI=1S/C14H20BrNO4/c1-10(9-20-3)16(7-8-19-2)12-6-4-5-11(15)13(12)14(17)18/h4-6,10H,7-9H2,1-3H3,(H,17,18). The lowest BCUT2D eigenvalue weighted by molar-refractivity contribution is 0.0696. The fourth-order valence-electron chi connectivity index (χ4n) is 2.06. The van der Waals surface area contributed by atoms with E-state index in [0.29, 0.717) is 29.9 Å². The Balaban J connectivity index is 3.18. The topological polar surface area (TPSA) is 59.0 Å². The summed E-state index contributed by atoms with van der Waals surface area (Å²) in [4.78, 5) is 13.5. The average Bonchev–Trinajstić information content (AvgIpc) is 2.39. The first kappa shape index (κ1) is 16.9. The summed E-state index contributed by atoms with van der Waals surface area (Å²) in [6.45, 7) is 3.61. The Morgan fingerprint density at radius 3 is 2.65 bits per heavy atom. The Labute approximate surface area is 127 Å². The van der Waals surface area contributed by atoms with E-state index in [0.717, 1.165) is 0 Å². The van der Waals surface area contributed by atoms with Gasteiger partial charge >= 0.3 is 5.97 Å². The number of hydrogen-bond donors (Lipinski definition) is 1. The summed E-state index contributed by atoms with van der Waals surface area (Å²) in [6, 6.07) is 5.39. The SMILES string of the molecule is COCCN(c1cccc(Br)c1C(=O)O)C(C)COC. The minimum absolute atomic E-state index is 0.0440. The predicted octanol–water partition coefficient (Wildman–Crippen LogP) is 2.64. The van der Waals surface area contributed by atoms with E-state index < -0.39 is 5.97 Å². The summed E-state index contributed by atoms with van der Waals surface area (Å²) in [5, 5.41) is 9.41. The van der Waals surface area contributed by atoms with Crippen LogP contribution >= 0.6 is 15.9 Å². The van der Waals surface area contributed by atoms with Gasteiger partial charge in [-0.2, -0.15) is 0 Å². The van der Waals surface area contributed by atoms with Gasteiger partial charge in [-0.1, -0.05) is 6.07 Å². The van der Waals surface area contributed by atoms with Crippen LogP contribution in [0.4, 0.5) is 5.69 Å². The number of carbonyl (C=O) groups is 1. The summed E-state index contributed by atoms with van der Waals surface area (Å²) < 4.78 is 10.9. The molecule has 0 heterocycles. The molecule has 5 nitrogen and oxygen atoms in total. The van der Waals surface area contributed by atoms with Gasteiger partial charge in [0.15, 0.2) is 0 Å². The largest absolute Gasteiger partial charge is 0.478 e. The van der Waals surface area contributed by atoms with Crippen LogP contribution in [0.1, 0.15) is 17.3 Å². The number of hydrogen-bond acceptors (Lipinski definition) is 4. The third-order valence-electron chi connectivity index (χ3n) is 2.99. The molecule has 1 atom stereocenters. The van der Waals surface area contributed by atoms with Gasteiger partial charge in [-0.15, -0.1) is 0 Å². The van der Waals surface area contributed by atoms with E-state index in [2.05, 4.69) is 15.9 Å². The molecule has 0 spiro atoms. The van der Waals surface area contributed by atoms with Crippen LogP contribution in [0, 0.1) is 0 Å². The van der Waals surface area contributed by atoms with Crippen molar-refractivity contribution in [1.29, 1.82) is 0 Å². The van der Waals surface area contributed by atoms with E-state index in [1.807, 2.05) is 17.9 Å². The Kier molecular flexibility index (Phi) is 6.98. The molecular weight excluding hydrogens is 326 g/mol. The van der Waals surface area contributed by atoms with E-state index in [-0.39, 0.29) is 11.6 Å². The number of halogens is 1.